The zero-order chi connectivity index (χ0) is 34.6. The first-order chi connectivity index (χ1) is 22.6. The van der Waals surface area contributed by atoms with E-state index in [1.54, 1.807) is 18.2 Å². The molecule has 0 unspecified atom stereocenters. The van der Waals surface area contributed by atoms with Crippen molar-refractivity contribution in [2.45, 2.75) is 54.2 Å². The Bertz CT molecular complexity index is 2630. The van der Waals surface area contributed by atoms with Crippen LogP contribution in [-0.2, 0) is 56.0 Å². The van der Waals surface area contributed by atoms with Crippen LogP contribution in [-0.4, -0.2) is 38.9 Å². The Hall–Kier alpha value is -1.17. The van der Waals surface area contributed by atoms with Crippen LogP contribution in [0.4, 0.5) is 0 Å². The van der Waals surface area contributed by atoms with E-state index < -0.39 is 35.2 Å². The normalized spacial score (nSPS) is 11.9. The molecule has 6 rings (SSSR count). The fraction of sp³-hybridized carbons (Fsp3) is 0.167. The summed E-state index contributed by atoms with van der Waals surface area (Å²) in [5.74, 6) is 0. The Morgan fingerprint density at radius 2 is 0.608 bits per heavy atom. The van der Waals surface area contributed by atoms with Gasteiger partial charge in [0.1, 0.15) is 30.4 Å². The molecule has 0 aliphatic rings. The van der Waals surface area contributed by atoms with Gasteiger partial charge in [-0.15, -0.1) is 0 Å². The maximum atomic E-state index is 12.1. The van der Waals surface area contributed by atoms with Crippen LogP contribution in [0.1, 0.15) is 47.2 Å². The van der Waals surface area contributed by atoms with Crippen molar-refractivity contribution in [3.8, 4) is 0 Å². The molecule has 6 aromatic rings. The second-order valence-electron chi connectivity index (χ2n) is 11.7. The third-order valence-corrected chi connectivity index (χ3v) is 11.4. The van der Waals surface area contributed by atoms with Crippen LogP contribution in [0.3, 0.4) is 0 Å². The number of aryl methyl sites for hydroxylation is 2. The molecule has 9 nitrogen and oxygen atoms in total. The Balaban J connectivity index is 0.00000234. The SMILES string of the molecule is CCc1ccc(Cc2ccc(Cc3ccc(CC)c4ccc(S(=O)(=O)[O-])cc34)c3ccc(S(=O)(=O)[O-])cc23)c2ccc(S(=O)(=O)[O-])cc12.[Na+].[Na+].[Na+]. The molecule has 0 saturated heterocycles. The molecule has 15 heteroatoms. The van der Waals surface area contributed by atoms with E-state index in [9.17, 15) is 38.9 Å². The quantitative estimate of drug-likeness (QED) is 0.111. The van der Waals surface area contributed by atoms with Gasteiger partial charge in [0, 0.05) is 0 Å². The first kappa shape index (κ1) is 44.2. The molecule has 0 N–H and O–H groups in total. The summed E-state index contributed by atoms with van der Waals surface area (Å²) in [6.07, 6.45) is 1.88. The molecule has 0 radical (unpaired) electrons. The van der Waals surface area contributed by atoms with Crippen molar-refractivity contribution in [1.82, 2.24) is 0 Å². The molecule has 0 atom stereocenters. The number of rotatable bonds is 9. The molecule has 0 heterocycles. The molecule has 0 saturated carbocycles. The van der Waals surface area contributed by atoms with E-state index >= 15 is 0 Å². The van der Waals surface area contributed by atoms with Gasteiger partial charge in [-0.1, -0.05) is 68.4 Å². The zero-order valence-corrected chi connectivity index (χ0v) is 37.3. The van der Waals surface area contributed by atoms with Gasteiger partial charge in [-0.05, 0) is 128 Å². The number of benzene rings is 6. The second-order valence-corrected chi connectivity index (χ2v) is 15.8. The summed E-state index contributed by atoms with van der Waals surface area (Å²) < 4.78 is 107. The minimum Gasteiger partial charge on any atom is -0.744 e. The van der Waals surface area contributed by atoms with Gasteiger partial charge < -0.3 is 13.7 Å². The molecule has 0 spiro atoms. The van der Waals surface area contributed by atoms with Gasteiger partial charge in [0.2, 0.25) is 0 Å². The predicted octanol–water partition coefficient (Wildman–Crippen LogP) is -2.82. The summed E-state index contributed by atoms with van der Waals surface area (Å²) in [4.78, 5) is -1.06. The number of hydrogen-bond donors (Lipinski definition) is 0. The fourth-order valence-corrected chi connectivity index (χ4v) is 7.95. The van der Waals surface area contributed by atoms with Gasteiger partial charge in [-0.2, -0.15) is 0 Å². The van der Waals surface area contributed by atoms with E-state index in [1.165, 1.54) is 36.4 Å². The minimum atomic E-state index is -4.80. The topological polar surface area (TPSA) is 172 Å². The molecule has 0 amide bonds. The van der Waals surface area contributed by atoms with Crippen LogP contribution in [0.15, 0.2) is 106 Å². The average molecular weight is 771 g/mol. The summed E-state index contributed by atoms with van der Waals surface area (Å²) in [5.41, 5.74) is 4.88. The summed E-state index contributed by atoms with van der Waals surface area (Å²) in [5, 5.41) is 3.99. The summed E-state index contributed by atoms with van der Waals surface area (Å²) in [7, 11) is -14.2. The molecular formula is C36H29Na3O9S3. The van der Waals surface area contributed by atoms with Gasteiger partial charge in [0.05, 0.1) is 14.7 Å². The average Bonchev–Trinajstić information content (AvgIpc) is 3.04. The minimum absolute atomic E-state index is 0. The van der Waals surface area contributed by atoms with Crippen molar-refractivity contribution in [2.24, 2.45) is 0 Å². The largest absolute Gasteiger partial charge is 1.00 e. The fourth-order valence-electron chi connectivity index (χ4n) is 6.46. The number of hydrogen-bond acceptors (Lipinski definition) is 9. The van der Waals surface area contributed by atoms with E-state index in [-0.39, 0.29) is 98.5 Å². The van der Waals surface area contributed by atoms with Crippen LogP contribution in [0.5, 0.6) is 0 Å². The standard InChI is InChI=1S/C36H32O9S3.3Na/c1-3-22-5-8-26(35-20-29(47(40,41)42)11-14-31(22)35)18-25-9-10-27(36-21-30(48(43,44)45)13-16-33(25)36)17-24-7-6-23(4-2)34-19-28(46(37,38)39)12-15-32(24)34;;;/h5-16,19-21H,3-4,17-18H2,1-2H3,(H,37,38,39)(H,40,41,42)(H,43,44,45);;;/q;3*+1/p-3. The van der Waals surface area contributed by atoms with Crippen LogP contribution in [0, 0.1) is 0 Å². The van der Waals surface area contributed by atoms with Crippen molar-refractivity contribution >= 4 is 62.7 Å². The van der Waals surface area contributed by atoms with E-state index in [0.29, 0.717) is 52.8 Å². The van der Waals surface area contributed by atoms with Gasteiger partial charge in [0.15, 0.2) is 0 Å². The summed E-state index contributed by atoms with van der Waals surface area (Å²) in [6.45, 7) is 3.90. The van der Waals surface area contributed by atoms with Gasteiger partial charge in [-0.3, -0.25) is 0 Å². The molecule has 0 aromatic heterocycles. The molecular weight excluding hydrogens is 742 g/mol. The first-order valence-corrected chi connectivity index (χ1v) is 19.3. The van der Waals surface area contributed by atoms with Crippen LogP contribution >= 0.6 is 0 Å². The molecule has 0 bridgehead atoms. The Kier molecular flexibility index (Phi) is 14.8. The van der Waals surface area contributed by atoms with E-state index in [1.807, 2.05) is 50.2 Å². The van der Waals surface area contributed by atoms with Crippen molar-refractivity contribution in [3.05, 3.63) is 124 Å². The van der Waals surface area contributed by atoms with E-state index in [2.05, 4.69) is 0 Å². The Morgan fingerprint density at radius 1 is 0.373 bits per heavy atom. The molecule has 51 heavy (non-hydrogen) atoms. The van der Waals surface area contributed by atoms with Crippen molar-refractivity contribution < 1.29 is 128 Å². The summed E-state index contributed by atoms with van der Waals surface area (Å²) in [6, 6.07) is 24.1. The Morgan fingerprint density at radius 3 is 0.902 bits per heavy atom. The molecule has 0 fully saturated rings. The maximum Gasteiger partial charge on any atom is 1.00 e. The Labute approximate surface area is 364 Å². The van der Waals surface area contributed by atoms with Crippen LogP contribution < -0.4 is 88.7 Å². The molecule has 248 valence electrons. The van der Waals surface area contributed by atoms with Crippen LogP contribution in [0.2, 0.25) is 0 Å². The zero-order valence-electron chi connectivity index (χ0n) is 28.9. The van der Waals surface area contributed by atoms with E-state index in [0.717, 1.165) is 38.6 Å². The first-order valence-electron chi connectivity index (χ1n) is 15.1. The van der Waals surface area contributed by atoms with Crippen LogP contribution in [0.25, 0.3) is 32.3 Å². The maximum absolute atomic E-state index is 12.1. The molecule has 6 aromatic carbocycles. The van der Waals surface area contributed by atoms with Crippen molar-refractivity contribution in [3.63, 3.8) is 0 Å². The third kappa shape index (κ3) is 9.38. The number of fused-ring (bicyclic) bond motifs is 3. The second kappa shape index (κ2) is 17.1. The van der Waals surface area contributed by atoms with Gasteiger partial charge in [-0.25, -0.2) is 25.3 Å². The molecule has 0 aliphatic heterocycles. The molecule has 0 aliphatic carbocycles. The predicted molar refractivity (Wildman–Crippen MR) is 180 cm³/mol. The monoisotopic (exact) mass is 770 g/mol. The van der Waals surface area contributed by atoms with Crippen molar-refractivity contribution in [1.29, 1.82) is 0 Å². The van der Waals surface area contributed by atoms with Crippen molar-refractivity contribution in [2.75, 3.05) is 0 Å². The smallest absolute Gasteiger partial charge is 0.744 e. The third-order valence-electron chi connectivity index (χ3n) is 8.90. The van der Waals surface area contributed by atoms with Gasteiger partial charge in [0.25, 0.3) is 0 Å². The summed E-state index contributed by atoms with van der Waals surface area (Å²) >= 11 is 0. The van der Waals surface area contributed by atoms with Gasteiger partial charge >= 0.3 is 88.7 Å². The van der Waals surface area contributed by atoms with E-state index in [4.69, 9.17) is 0 Å².